The van der Waals surface area contributed by atoms with Crippen LogP contribution in [-0.4, -0.2) is 24.8 Å². The van der Waals surface area contributed by atoms with Crippen molar-refractivity contribution < 1.29 is 8.42 Å². The lowest BCUT2D eigenvalue weighted by molar-refractivity contribution is 0.466. The molecule has 1 aromatic carbocycles. The second kappa shape index (κ2) is 5.50. The molecule has 0 saturated heterocycles. The molecule has 2 aromatic rings. The van der Waals surface area contributed by atoms with Crippen LogP contribution in [0.25, 0.3) is 0 Å². The van der Waals surface area contributed by atoms with Crippen LogP contribution in [0.2, 0.25) is 0 Å². The molecule has 19 heavy (non-hydrogen) atoms. The van der Waals surface area contributed by atoms with E-state index in [1.807, 2.05) is 13.0 Å². The summed E-state index contributed by atoms with van der Waals surface area (Å²) in [5.41, 5.74) is 1.90. The molecule has 0 aliphatic rings. The maximum absolute atomic E-state index is 12.4. The van der Waals surface area contributed by atoms with Gasteiger partial charge in [0.1, 0.15) is 0 Å². The van der Waals surface area contributed by atoms with Gasteiger partial charge in [-0.1, -0.05) is 23.8 Å². The fourth-order valence-electron chi connectivity index (χ4n) is 1.72. The first-order valence-electron chi connectivity index (χ1n) is 5.92. The zero-order valence-electron chi connectivity index (χ0n) is 10.9. The topological polar surface area (TPSA) is 50.3 Å². The standard InChI is InChI=1S/C14H16N2O2S/c1-12-5-7-14(8-6-12)19(17,18)16(2)11-13-4-3-9-15-10-13/h3-10H,11H2,1-2H3. The molecule has 0 saturated carbocycles. The van der Waals surface area contributed by atoms with Crippen LogP contribution in [0, 0.1) is 6.92 Å². The number of sulfonamides is 1. The third kappa shape index (κ3) is 3.19. The summed E-state index contributed by atoms with van der Waals surface area (Å²) in [5.74, 6) is 0. The van der Waals surface area contributed by atoms with E-state index < -0.39 is 10.0 Å². The summed E-state index contributed by atoms with van der Waals surface area (Å²) in [5, 5.41) is 0. The van der Waals surface area contributed by atoms with Gasteiger partial charge in [-0.05, 0) is 30.7 Å². The van der Waals surface area contributed by atoms with Gasteiger partial charge >= 0.3 is 0 Å². The fourth-order valence-corrected chi connectivity index (χ4v) is 2.88. The Morgan fingerprint density at radius 1 is 1.16 bits per heavy atom. The molecule has 4 nitrogen and oxygen atoms in total. The third-order valence-electron chi connectivity index (χ3n) is 2.86. The molecule has 0 amide bonds. The molecule has 0 N–H and O–H groups in total. The van der Waals surface area contributed by atoms with E-state index in [1.165, 1.54) is 4.31 Å². The molecule has 1 aromatic heterocycles. The van der Waals surface area contributed by atoms with E-state index in [0.717, 1.165) is 11.1 Å². The maximum Gasteiger partial charge on any atom is 0.243 e. The molecule has 1 heterocycles. The number of hydrogen-bond acceptors (Lipinski definition) is 3. The van der Waals surface area contributed by atoms with Gasteiger partial charge in [-0.3, -0.25) is 4.98 Å². The number of aryl methyl sites for hydroxylation is 1. The number of benzene rings is 1. The van der Waals surface area contributed by atoms with Gasteiger partial charge < -0.3 is 0 Å². The van der Waals surface area contributed by atoms with E-state index in [2.05, 4.69) is 4.98 Å². The van der Waals surface area contributed by atoms with Crippen molar-refractivity contribution in [1.82, 2.24) is 9.29 Å². The monoisotopic (exact) mass is 276 g/mol. The second-order valence-electron chi connectivity index (χ2n) is 4.44. The minimum atomic E-state index is -3.45. The van der Waals surface area contributed by atoms with Crippen LogP contribution in [-0.2, 0) is 16.6 Å². The number of rotatable bonds is 4. The van der Waals surface area contributed by atoms with Crippen LogP contribution in [0.15, 0.2) is 53.7 Å². The predicted octanol–water partition coefficient (Wildman–Crippen LogP) is 2.21. The van der Waals surface area contributed by atoms with E-state index in [1.54, 1.807) is 49.8 Å². The molecule has 0 aliphatic carbocycles. The van der Waals surface area contributed by atoms with Crippen molar-refractivity contribution in [2.75, 3.05) is 7.05 Å². The van der Waals surface area contributed by atoms with Crippen LogP contribution >= 0.6 is 0 Å². The molecule has 0 atom stereocenters. The first-order chi connectivity index (χ1) is 9.00. The maximum atomic E-state index is 12.4. The quantitative estimate of drug-likeness (QED) is 0.860. The molecule has 0 bridgehead atoms. The molecule has 0 aliphatic heterocycles. The zero-order valence-corrected chi connectivity index (χ0v) is 11.8. The Balaban J connectivity index is 2.22. The van der Waals surface area contributed by atoms with Crippen LogP contribution in [0.3, 0.4) is 0 Å². The van der Waals surface area contributed by atoms with E-state index >= 15 is 0 Å². The molecule has 5 heteroatoms. The Morgan fingerprint density at radius 3 is 2.42 bits per heavy atom. The van der Waals surface area contributed by atoms with Crippen LogP contribution in [0.5, 0.6) is 0 Å². The van der Waals surface area contributed by atoms with Gasteiger partial charge in [-0.15, -0.1) is 0 Å². The largest absolute Gasteiger partial charge is 0.264 e. The van der Waals surface area contributed by atoms with Crippen molar-refractivity contribution >= 4 is 10.0 Å². The Labute approximate surface area is 113 Å². The van der Waals surface area contributed by atoms with Crippen molar-refractivity contribution in [1.29, 1.82) is 0 Å². The Bertz CT molecular complexity index is 637. The molecule has 100 valence electrons. The van der Waals surface area contributed by atoms with Crippen LogP contribution < -0.4 is 0 Å². The lowest BCUT2D eigenvalue weighted by atomic mass is 10.2. The highest BCUT2D eigenvalue weighted by Crippen LogP contribution is 2.16. The van der Waals surface area contributed by atoms with E-state index in [4.69, 9.17) is 0 Å². The van der Waals surface area contributed by atoms with Gasteiger partial charge in [0.05, 0.1) is 4.90 Å². The van der Waals surface area contributed by atoms with Gasteiger partial charge in [-0.2, -0.15) is 4.31 Å². The summed E-state index contributed by atoms with van der Waals surface area (Å²) < 4.78 is 26.0. The fraction of sp³-hybridized carbons (Fsp3) is 0.214. The molecule has 0 unspecified atom stereocenters. The van der Waals surface area contributed by atoms with Crippen molar-refractivity contribution in [2.45, 2.75) is 18.4 Å². The Morgan fingerprint density at radius 2 is 1.84 bits per heavy atom. The Hall–Kier alpha value is -1.72. The lowest BCUT2D eigenvalue weighted by Gasteiger charge is -2.17. The van der Waals surface area contributed by atoms with Gasteiger partial charge in [0.2, 0.25) is 10.0 Å². The molecule has 0 radical (unpaired) electrons. The molecular formula is C14H16N2O2S. The average molecular weight is 276 g/mol. The lowest BCUT2D eigenvalue weighted by Crippen LogP contribution is -2.26. The second-order valence-corrected chi connectivity index (χ2v) is 6.48. The number of aromatic nitrogens is 1. The van der Waals surface area contributed by atoms with Gasteiger partial charge in [0, 0.05) is 26.0 Å². The minimum absolute atomic E-state index is 0.310. The summed E-state index contributed by atoms with van der Waals surface area (Å²) in [7, 11) is -1.88. The summed E-state index contributed by atoms with van der Waals surface area (Å²) in [6, 6.07) is 10.5. The third-order valence-corrected chi connectivity index (χ3v) is 4.67. The van der Waals surface area contributed by atoms with Gasteiger partial charge in [0.15, 0.2) is 0 Å². The summed E-state index contributed by atoms with van der Waals surface area (Å²) in [6.07, 6.45) is 3.33. The summed E-state index contributed by atoms with van der Waals surface area (Å²) in [6.45, 7) is 2.24. The van der Waals surface area contributed by atoms with E-state index in [-0.39, 0.29) is 0 Å². The summed E-state index contributed by atoms with van der Waals surface area (Å²) in [4.78, 5) is 4.29. The first kappa shape index (κ1) is 13.7. The minimum Gasteiger partial charge on any atom is -0.264 e. The molecular weight excluding hydrogens is 260 g/mol. The predicted molar refractivity (Wildman–Crippen MR) is 74.1 cm³/mol. The normalized spacial score (nSPS) is 11.7. The van der Waals surface area contributed by atoms with Gasteiger partial charge in [0.25, 0.3) is 0 Å². The highest BCUT2D eigenvalue weighted by Gasteiger charge is 2.20. The van der Waals surface area contributed by atoms with E-state index in [0.29, 0.717) is 11.4 Å². The molecule has 2 rings (SSSR count). The SMILES string of the molecule is Cc1ccc(S(=O)(=O)N(C)Cc2cccnc2)cc1. The Kier molecular flexibility index (Phi) is 3.97. The molecule has 0 spiro atoms. The number of hydrogen-bond donors (Lipinski definition) is 0. The number of nitrogens with zero attached hydrogens (tertiary/aromatic N) is 2. The van der Waals surface area contributed by atoms with Crippen molar-refractivity contribution in [3.05, 3.63) is 59.9 Å². The van der Waals surface area contributed by atoms with Gasteiger partial charge in [-0.25, -0.2) is 8.42 Å². The highest BCUT2D eigenvalue weighted by molar-refractivity contribution is 7.89. The van der Waals surface area contributed by atoms with Crippen molar-refractivity contribution in [2.24, 2.45) is 0 Å². The summed E-state index contributed by atoms with van der Waals surface area (Å²) >= 11 is 0. The van der Waals surface area contributed by atoms with E-state index in [9.17, 15) is 8.42 Å². The van der Waals surface area contributed by atoms with Crippen molar-refractivity contribution in [3.63, 3.8) is 0 Å². The smallest absolute Gasteiger partial charge is 0.243 e. The molecule has 0 fully saturated rings. The first-order valence-corrected chi connectivity index (χ1v) is 7.36. The zero-order chi connectivity index (χ0) is 13.9. The van der Waals surface area contributed by atoms with Crippen molar-refractivity contribution in [3.8, 4) is 0 Å². The number of pyridine rings is 1. The average Bonchev–Trinajstić information content (AvgIpc) is 2.40. The van der Waals surface area contributed by atoms with Crippen LogP contribution in [0.1, 0.15) is 11.1 Å². The highest BCUT2D eigenvalue weighted by atomic mass is 32.2. The van der Waals surface area contributed by atoms with Crippen LogP contribution in [0.4, 0.5) is 0 Å².